The normalized spacial score (nSPS) is 15.6. The van der Waals surface area contributed by atoms with Crippen molar-refractivity contribution >= 4 is 23.4 Å². The molecule has 0 spiro atoms. The maximum atomic E-state index is 13.5. The fourth-order valence-corrected chi connectivity index (χ4v) is 4.66. The third-order valence-corrected chi connectivity index (χ3v) is 6.10. The summed E-state index contributed by atoms with van der Waals surface area (Å²) in [6.45, 7) is 5.35. The molecule has 0 amide bonds. The van der Waals surface area contributed by atoms with Crippen LogP contribution in [0.15, 0.2) is 74.7 Å². The Bertz CT molecular complexity index is 1410. The standard InChI is InChI=1S/C24H22N2O6S/c1-5-10-32-23(28)20-14(2)25-24-26(22(27)19(33-24)13-16-7-6-11-31-16)21(20)15-8-9-17(29-3)18(12-15)30-4/h5-9,11-13,21H,1,10H2,2-4H3. The second-order valence-electron chi connectivity index (χ2n) is 7.10. The molecule has 1 aliphatic heterocycles. The lowest BCUT2D eigenvalue weighted by Crippen LogP contribution is -2.40. The van der Waals surface area contributed by atoms with Gasteiger partial charge < -0.3 is 18.6 Å². The minimum atomic E-state index is -0.767. The molecule has 0 N–H and O–H groups in total. The molecule has 3 heterocycles. The first-order valence-electron chi connectivity index (χ1n) is 10.0. The smallest absolute Gasteiger partial charge is 0.338 e. The lowest BCUT2D eigenvalue weighted by Gasteiger charge is -2.25. The molecule has 3 aromatic rings. The van der Waals surface area contributed by atoms with E-state index in [0.29, 0.717) is 37.9 Å². The highest BCUT2D eigenvalue weighted by atomic mass is 32.1. The fourth-order valence-electron chi connectivity index (χ4n) is 3.64. The molecule has 1 aliphatic rings. The number of rotatable bonds is 7. The summed E-state index contributed by atoms with van der Waals surface area (Å²) in [5.74, 6) is 0.977. The Hall–Kier alpha value is -3.85. The quantitative estimate of drug-likeness (QED) is 0.393. The first-order chi connectivity index (χ1) is 16.0. The molecule has 9 heteroatoms. The summed E-state index contributed by atoms with van der Waals surface area (Å²) >= 11 is 1.22. The number of benzene rings is 1. The van der Waals surface area contributed by atoms with E-state index in [1.54, 1.807) is 43.3 Å². The van der Waals surface area contributed by atoms with Crippen LogP contribution >= 0.6 is 11.3 Å². The van der Waals surface area contributed by atoms with Crippen LogP contribution in [0.5, 0.6) is 11.5 Å². The third kappa shape index (κ3) is 4.14. The fraction of sp³-hybridized carbons (Fsp3) is 0.208. The van der Waals surface area contributed by atoms with E-state index < -0.39 is 12.0 Å². The number of aromatic nitrogens is 1. The average molecular weight is 467 g/mol. The van der Waals surface area contributed by atoms with E-state index in [9.17, 15) is 9.59 Å². The molecule has 4 rings (SSSR count). The van der Waals surface area contributed by atoms with Gasteiger partial charge in [0.1, 0.15) is 12.4 Å². The summed E-state index contributed by atoms with van der Waals surface area (Å²) in [6, 6.07) is 7.99. The Morgan fingerprint density at radius 1 is 1.27 bits per heavy atom. The van der Waals surface area contributed by atoms with Gasteiger partial charge in [-0.2, -0.15) is 0 Å². The molecule has 0 fully saturated rings. The number of carbonyl (C=O) groups is 1. The largest absolute Gasteiger partial charge is 0.493 e. The van der Waals surface area contributed by atoms with E-state index in [4.69, 9.17) is 18.6 Å². The Labute approximate surface area is 193 Å². The van der Waals surface area contributed by atoms with Crippen LogP contribution in [-0.2, 0) is 9.53 Å². The van der Waals surface area contributed by atoms with Gasteiger partial charge >= 0.3 is 5.97 Å². The molecule has 8 nitrogen and oxygen atoms in total. The number of hydrogen-bond donors (Lipinski definition) is 0. The van der Waals surface area contributed by atoms with Gasteiger partial charge in [-0.15, -0.1) is 0 Å². The maximum absolute atomic E-state index is 13.5. The van der Waals surface area contributed by atoms with Crippen LogP contribution < -0.4 is 24.4 Å². The zero-order chi connectivity index (χ0) is 23.5. The number of hydrogen-bond acceptors (Lipinski definition) is 8. The van der Waals surface area contributed by atoms with Crippen molar-refractivity contribution in [3.05, 3.63) is 91.5 Å². The minimum Gasteiger partial charge on any atom is -0.493 e. The number of nitrogens with zero attached hydrogens (tertiary/aromatic N) is 2. The van der Waals surface area contributed by atoms with Crippen LogP contribution in [0.4, 0.5) is 0 Å². The summed E-state index contributed by atoms with van der Waals surface area (Å²) in [5, 5.41) is 0. The van der Waals surface area contributed by atoms with Crippen molar-refractivity contribution in [3.8, 4) is 11.5 Å². The van der Waals surface area contributed by atoms with E-state index >= 15 is 0 Å². The van der Waals surface area contributed by atoms with E-state index in [1.807, 2.05) is 0 Å². The number of thiazole rings is 1. The number of carbonyl (C=O) groups excluding carboxylic acids is 1. The van der Waals surface area contributed by atoms with Crippen molar-refractivity contribution in [2.45, 2.75) is 13.0 Å². The summed E-state index contributed by atoms with van der Waals surface area (Å²) < 4.78 is 23.4. The van der Waals surface area contributed by atoms with Gasteiger partial charge in [0.05, 0.1) is 42.3 Å². The number of allylic oxidation sites excluding steroid dienone is 1. The maximum Gasteiger partial charge on any atom is 0.338 e. The number of esters is 1. The van der Waals surface area contributed by atoms with Crippen LogP contribution in [0.25, 0.3) is 6.08 Å². The highest BCUT2D eigenvalue weighted by Crippen LogP contribution is 2.36. The lowest BCUT2D eigenvalue weighted by molar-refractivity contribution is -0.138. The average Bonchev–Trinajstić information content (AvgIpc) is 3.44. The molecule has 0 aliphatic carbocycles. The van der Waals surface area contributed by atoms with E-state index in [-0.39, 0.29) is 17.7 Å². The van der Waals surface area contributed by atoms with E-state index in [0.717, 1.165) is 0 Å². The van der Waals surface area contributed by atoms with Crippen molar-refractivity contribution in [3.63, 3.8) is 0 Å². The molecule has 0 bridgehead atoms. The van der Waals surface area contributed by atoms with Crippen molar-refractivity contribution in [2.24, 2.45) is 4.99 Å². The molecule has 0 saturated heterocycles. The van der Waals surface area contributed by atoms with Crippen molar-refractivity contribution in [2.75, 3.05) is 20.8 Å². The van der Waals surface area contributed by atoms with Gasteiger partial charge in [-0.3, -0.25) is 9.36 Å². The van der Waals surface area contributed by atoms with Gasteiger partial charge in [-0.1, -0.05) is 30.1 Å². The van der Waals surface area contributed by atoms with Gasteiger partial charge in [-0.05, 0) is 36.8 Å². The van der Waals surface area contributed by atoms with E-state index in [1.165, 1.54) is 42.5 Å². The molecule has 33 heavy (non-hydrogen) atoms. The van der Waals surface area contributed by atoms with Crippen LogP contribution in [0.3, 0.4) is 0 Å². The monoisotopic (exact) mass is 466 g/mol. The topological polar surface area (TPSA) is 92.3 Å². The van der Waals surface area contributed by atoms with Crippen LogP contribution in [0, 0.1) is 0 Å². The molecule has 0 radical (unpaired) electrons. The molecule has 1 unspecified atom stereocenters. The van der Waals surface area contributed by atoms with E-state index in [2.05, 4.69) is 11.6 Å². The zero-order valence-corrected chi connectivity index (χ0v) is 19.2. The van der Waals surface area contributed by atoms with Gasteiger partial charge in [-0.25, -0.2) is 9.79 Å². The number of furan rings is 1. The second-order valence-corrected chi connectivity index (χ2v) is 8.11. The SMILES string of the molecule is C=CCOC(=O)C1=C(C)N=c2sc(=Cc3ccco3)c(=O)n2C1c1ccc(OC)c(OC)c1. The van der Waals surface area contributed by atoms with Gasteiger partial charge in [0, 0.05) is 6.08 Å². The van der Waals surface area contributed by atoms with Crippen molar-refractivity contribution < 1.29 is 23.4 Å². The predicted octanol–water partition coefficient (Wildman–Crippen LogP) is 2.57. The Balaban J connectivity index is 1.96. The molecule has 1 aromatic carbocycles. The van der Waals surface area contributed by atoms with Crippen LogP contribution in [0.2, 0.25) is 0 Å². The summed E-state index contributed by atoms with van der Waals surface area (Å²) in [6.07, 6.45) is 4.68. The molecule has 1 atom stereocenters. The lowest BCUT2D eigenvalue weighted by atomic mass is 9.95. The number of fused-ring (bicyclic) bond motifs is 1. The highest BCUT2D eigenvalue weighted by molar-refractivity contribution is 7.07. The first kappa shape index (κ1) is 22.3. The first-order valence-corrected chi connectivity index (χ1v) is 10.9. The van der Waals surface area contributed by atoms with Gasteiger partial charge in [0.25, 0.3) is 5.56 Å². The minimum absolute atomic E-state index is 0.0389. The number of ether oxygens (including phenoxy) is 3. The van der Waals surface area contributed by atoms with Gasteiger partial charge in [0.2, 0.25) is 0 Å². The number of methoxy groups -OCH3 is 2. The van der Waals surface area contributed by atoms with Crippen molar-refractivity contribution in [1.29, 1.82) is 0 Å². The summed E-state index contributed by atoms with van der Waals surface area (Å²) in [4.78, 5) is 31.5. The molecule has 0 saturated carbocycles. The third-order valence-electron chi connectivity index (χ3n) is 5.11. The van der Waals surface area contributed by atoms with Crippen LogP contribution in [0.1, 0.15) is 24.3 Å². The van der Waals surface area contributed by atoms with Crippen molar-refractivity contribution in [1.82, 2.24) is 4.57 Å². The summed E-state index contributed by atoms with van der Waals surface area (Å²) in [5.41, 5.74) is 1.09. The predicted molar refractivity (Wildman–Crippen MR) is 123 cm³/mol. The zero-order valence-electron chi connectivity index (χ0n) is 18.4. The molecular weight excluding hydrogens is 444 g/mol. The molecule has 170 valence electrons. The molecular formula is C24H22N2O6S. The Morgan fingerprint density at radius 3 is 2.73 bits per heavy atom. The van der Waals surface area contributed by atoms with Crippen LogP contribution in [-0.4, -0.2) is 31.4 Å². The Morgan fingerprint density at radius 2 is 2.06 bits per heavy atom. The highest BCUT2D eigenvalue weighted by Gasteiger charge is 2.34. The Kier molecular flexibility index (Phi) is 6.32. The summed E-state index contributed by atoms with van der Waals surface area (Å²) in [7, 11) is 3.06. The van der Waals surface area contributed by atoms with Gasteiger partial charge in [0.15, 0.2) is 16.3 Å². The molecule has 2 aromatic heterocycles. The second kappa shape index (κ2) is 9.33.